The molecule has 2 aliphatic rings. The molecule has 0 amide bonds. The second-order valence-electron chi connectivity index (χ2n) is 8.23. The number of halogens is 1. The van der Waals surface area contributed by atoms with Gasteiger partial charge < -0.3 is 34.3 Å². The number of ether oxygens (including phenoxy) is 4. The van der Waals surface area contributed by atoms with E-state index in [1.807, 2.05) is 30.3 Å². The van der Waals surface area contributed by atoms with E-state index < -0.39 is 30.7 Å². The van der Waals surface area contributed by atoms with Gasteiger partial charge in [0.15, 0.2) is 6.29 Å². The van der Waals surface area contributed by atoms with Gasteiger partial charge in [0.25, 0.3) is 0 Å². The van der Waals surface area contributed by atoms with Crippen LogP contribution < -0.4 is 4.74 Å². The Bertz CT molecular complexity index is 882. The number of aliphatic hydroxyl groups is 3. The third kappa shape index (κ3) is 5.26. The molecule has 2 fully saturated rings. The lowest BCUT2D eigenvalue weighted by atomic mass is 9.92. The minimum Gasteiger partial charge on any atom is -0.490 e. The van der Waals surface area contributed by atoms with Crippen LogP contribution in [0.3, 0.4) is 0 Å². The summed E-state index contributed by atoms with van der Waals surface area (Å²) in [6.07, 6.45) is -3.36. The summed E-state index contributed by atoms with van der Waals surface area (Å²) in [4.78, 5) is 0. The van der Waals surface area contributed by atoms with Crippen molar-refractivity contribution >= 4 is 11.6 Å². The first-order chi connectivity index (χ1) is 15.5. The molecule has 8 heteroatoms. The van der Waals surface area contributed by atoms with Gasteiger partial charge in [-0.2, -0.15) is 0 Å². The Hall–Kier alpha value is -1.71. The number of aliphatic hydroxyl groups excluding tert-OH is 3. The van der Waals surface area contributed by atoms with E-state index >= 15 is 0 Å². The lowest BCUT2D eigenvalue weighted by Crippen LogP contribution is -2.54. The average molecular weight is 465 g/mol. The summed E-state index contributed by atoms with van der Waals surface area (Å²) in [5.74, 6) is 0.831. The van der Waals surface area contributed by atoms with Gasteiger partial charge in [-0.05, 0) is 41.3 Å². The van der Waals surface area contributed by atoms with Gasteiger partial charge in [-0.3, -0.25) is 0 Å². The van der Waals surface area contributed by atoms with Crippen molar-refractivity contribution in [3.05, 3.63) is 64.2 Å². The molecule has 3 N–H and O–H groups in total. The maximum Gasteiger partial charge on any atom is 0.186 e. The highest BCUT2D eigenvalue weighted by Gasteiger charge is 2.44. The highest BCUT2D eigenvalue weighted by Crippen LogP contribution is 2.34. The molecule has 0 spiro atoms. The fourth-order valence-corrected chi connectivity index (χ4v) is 4.30. The van der Waals surface area contributed by atoms with Gasteiger partial charge >= 0.3 is 0 Å². The van der Waals surface area contributed by atoms with E-state index in [0.29, 0.717) is 17.0 Å². The van der Waals surface area contributed by atoms with Crippen LogP contribution in [0.1, 0.15) is 35.6 Å². The summed E-state index contributed by atoms with van der Waals surface area (Å²) in [5.41, 5.74) is 2.55. The molecule has 2 aromatic rings. The van der Waals surface area contributed by atoms with Crippen LogP contribution in [0.15, 0.2) is 42.5 Å². The molecule has 7 nitrogen and oxygen atoms in total. The van der Waals surface area contributed by atoms with Crippen LogP contribution in [0, 0.1) is 0 Å². The standard InChI is InChI=1S/C24H29ClO7/c1-29-24-22(28)20(26)21(27)23(32-24)15-4-7-19(25)16(13-15)12-14-2-5-17(6-3-14)31-18-8-10-30-11-9-18/h2-7,13,18,20-24,26-28H,8-12H2,1H3/t20-,21-,22+,23+,24?/m1/s1. The van der Waals surface area contributed by atoms with Crippen molar-refractivity contribution < 1.29 is 34.3 Å². The van der Waals surface area contributed by atoms with E-state index in [-0.39, 0.29) is 6.10 Å². The zero-order valence-corrected chi connectivity index (χ0v) is 18.6. The van der Waals surface area contributed by atoms with E-state index in [2.05, 4.69) is 0 Å². The molecule has 32 heavy (non-hydrogen) atoms. The molecule has 0 aromatic heterocycles. The van der Waals surface area contributed by atoms with E-state index in [4.69, 9.17) is 30.5 Å². The number of hydrogen-bond acceptors (Lipinski definition) is 7. The van der Waals surface area contributed by atoms with Crippen molar-refractivity contribution in [2.45, 2.75) is 56.1 Å². The minimum atomic E-state index is -1.39. The molecular formula is C24H29ClO7. The van der Waals surface area contributed by atoms with Crippen LogP contribution in [0.4, 0.5) is 0 Å². The summed E-state index contributed by atoms with van der Waals surface area (Å²) in [6.45, 7) is 1.47. The van der Waals surface area contributed by atoms with Crippen LogP contribution >= 0.6 is 11.6 Å². The topological polar surface area (TPSA) is 97.6 Å². The second kappa shape index (κ2) is 10.5. The quantitative estimate of drug-likeness (QED) is 0.604. The number of benzene rings is 2. The van der Waals surface area contributed by atoms with Crippen molar-refractivity contribution in [2.24, 2.45) is 0 Å². The number of rotatable bonds is 6. The van der Waals surface area contributed by atoms with Crippen LogP contribution in [-0.2, 0) is 20.6 Å². The predicted molar refractivity (Wildman–Crippen MR) is 118 cm³/mol. The average Bonchev–Trinajstić information content (AvgIpc) is 2.81. The first-order valence-electron chi connectivity index (χ1n) is 10.8. The highest BCUT2D eigenvalue weighted by molar-refractivity contribution is 6.31. The fourth-order valence-electron chi connectivity index (χ4n) is 4.12. The number of methoxy groups -OCH3 is 1. The van der Waals surface area contributed by atoms with Crippen LogP contribution in [0.5, 0.6) is 5.75 Å². The third-order valence-corrected chi connectivity index (χ3v) is 6.36. The summed E-state index contributed by atoms with van der Waals surface area (Å²) in [5, 5.41) is 31.2. The molecule has 0 aliphatic carbocycles. The molecule has 1 unspecified atom stereocenters. The molecule has 2 heterocycles. The van der Waals surface area contributed by atoms with Crippen molar-refractivity contribution in [3.63, 3.8) is 0 Å². The Balaban J connectivity index is 1.47. The SMILES string of the molecule is COC1O[C@@H](c2ccc(Cl)c(Cc3ccc(OC4CCOCC4)cc3)c2)[C@H](O)[C@@H](O)[C@@H]1O. The molecule has 2 aromatic carbocycles. The lowest BCUT2D eigenvalue weighted by molar-refractivity contribution is -0.292. The van der Waals surface area contributed by atoms with Gasteiger partial charge in [0.1, 0.15) is 36.3 Å². The van der Waals surface area contributed by atoms with Crippen molar-refractivity contribution in [2.75, 3.05) is 20.3 Å². The molecule has 0 saturated carbocycles. The molecule has 2 aliphatic heterocycles. The lowest BCUT2D eigenvalue weighted by Gasteiger charge is -2.40. The molecule has 5 atom stereocenters. The summed E-state index contributed by atoms with van der Waals surface area (Å²) in [7, 11) is 1.37. The molecular weight excluding hydrogens is 436 g/mol. The summed E-state index contributed by atoms with van der Waals surface area (Å²) >= 11 is 6.44. The van der Waals surface area contributed by atoms with E-state index in [1.165, 1.54) is 7.11 Å². The van der Waals surface area contributed by atoms with Gasteiger partial charge in [-0.25, -0.2) is 0 Å². The first-order valence-corrected chi connectivity index (χ1v) is 11.2. The van der Waals surface area contributed by atoms with E-state index in [1.54, 1.807) is 12.1 Å². The Morgan fingerprint density at radius 1 is 0.969 bits per heavy atom. The Kier molecular flexibility index (Phi) is 7.68. The van der Waals surface area contributed by atoms with E-state index in [0.717, 1.165) is 42.9 Å². The molecule has 4 rings (SSSR count). The largest absolute Gasteiger partial charge is 0.490 e. The van der Waals surface area contributed by atoms with Gasteiger partial charge in [-0.15, -0.1) is 0 Å². The highest BCUT2D eigenvalue weighted by atomic mass is 35.5. The Morgan fingerprint density at radius 2 is 1.69 bits per heavy atom. The molecule has 0 radical (unpaired) electrons. The zero-order chi connectivity index (χ0) is 22.7. The maximum absolute atomic E-state index is 10.4. The van der Waals surface area contributed by atoms with Crippen LogP contribution in [-0.4, -0.2) is 66.3 Å². The van der Waals surface area contributed by atoms with Gasteiger partial charge in [0.2, 0.25) is 0 Å². The molecule has 0 bridgehead atoms. The Morgan fingerprint density at radius 3 is 2.38 bits per heavy atom. The number of hydrogen-bond donors (Lipinski definition) is 3. The fraction of sp³-hybridized carbons (Fsp3) is 0.500. The normalized spacial score (nSPS) is 29.1. The Labute approximate surface area is 192 Å². The van der Waals surface area contributed by atoms with Gasteiger partial charge in [-0.1, -0.05) is 35.9 Å². The first kappa shape index (κ1) is 23.4. The van der Waals surface area contributed by atoms with E-state index in [9.17, 15) is 15.3 Å². The maximum atomic E-state index is 10.4. The van der Waals surface area contributed by atoms with Crippen LogP contribution in [0.2, 0.25) is 5.02 Å². The van der Waals surface area contributed by atoms with Crippen LogP contribution in [0.25, 0.3) is 0 Å². The third-order valence-electron chi connectivity index (χ3n) is 5.99. The molecule has 174 valence electrons. The molecule has 2 saturated heterocycles. The summed E-state index contributed by atoms with van der Waals surface area (Å²) in [6, 6.07) is 13.2. The predicted octanol–water partition coefficient (Wildman–Crippen LogP) is 2.62. The van der Waals surface area contributed by atoms with Crippen molar-refractivity contribution in [1.82, 2.24) is 0 Å². The van der Waals surface area contributed by atoms with Crippen molar-refractivity contribution in [3.8, 4) is 5.75 Å². The minimum absolute atomic E-state index is 0.187. The van der Waals surface area contributed by atoms with Gasteiger partial charge in [0, 0.05) is 25.0 Å². The smallest absolute Gasteiger partial charge is 0.186 e. The second-order valence-corrected chi connectivity index (χ2v) is 8.64. The van der Waals surface area contributed by atoms with Gasteiger partial charge in [0.05, 0.1) is 13.2 Å². The summed E-state index contributed by atoms with van der Waals surface area (Å²) < 4.78 is 22.2. The van der Waals surface area contributed by atoms with Crippen molar-refractivity contribution in [1.29, 1.82) is 0 Å². The zero-order valence-electron chi connectivity index (χ0n) is 17.9. The monoisotopic (exact) mass is 464 g/mol.